The number of methoxy groups -OCH3 is 1. The van der Waals surface area contributed by atoms with Crippen LogP contribution in [0.25, 0.3) is 21.6 Å². The molecule has 0 amide bonds. The lowest BCUT2D eigenvalue weighted by Gasteiger charge is -2.07. The van der Waals surface area contributed by atoms with Gasteiger partial charge >= 0.3 is 6.18 Å². The highest BCUT2D eigenvalue weighted by Gasteiger charge is 2.37. The van der Waals surface area contributed by atoms with Gasteiger partial charge in [0.2, 0.25) is 0 Å². The van der Waals surface area contributed by atoms with Crippen molar-refractivity contribution in [2.24, 2.45) is 0 Å². The Bertz CT molecular complexity index is 901. The van der Waals surface area contributed by atoms with E-state index in [-0.39, 0.29) is 10.7 Å². The minimum Gasteiger partial charge on any atom is -0.496 e. The lowest BCUT2D eigenvalue weighted by atomic mass is 10.2. The Kier molecular flexibility index (Phi) is 3.36. The van der Waals surface area contributed by atoms with Gasteiger partial charge < -0.3 is 9.72 Å². The summed E-state index contributed by atoms with van der Waals surface area (Å²) in [6, 6.07) is 6.74. The number of hydrogen-bond acceptors (Lipinski definition) is 5. The molecule has 1 N–H and O–H groups in total. The summed E-state index contributed by atoms with van der Waals surface area (Å²) in [5.74, 6) is 0.581. The first kappa shape index (κ1) is 14.5. The van der Waals surface area contributed by atoms with Gasteiger partial charge in [-0.25, -0.2) is 4.98 Å². The number of halogens is 3. The number of fused-ring (bicyclic) bond motifs is 1. The Balaban J connectivity index is 2.26. The number of hydrogen-bond donors (Lipinski definition) is 1. The average Bonchev–Trinajstić information content (AvgIpc) is 2.91. The van der Waals surface area contributed by atoms with Crippen LogP contribution in [0, 0.1) is 0 Å². The highest BCUT2D eigenvalue weighted by Crippen LogP contribution is 2.34. The van der Waals surface area contributed by atoms with Crippen LogP contribution in [0.3, 0.4) is 0 Å². The van der Waals surface area contributed by atoms with Crippen LogP contribution >= 0.6 is 11.5 Å². The smallest absolute Gasteiger partial charge is 0.435 e. The second-order valence-corrected chi connectivity index (χ2v) is 5.08. The van der Waals surface area contributed by atoms with Crippen LogP contribution in [-0.2, 0) is 6.18 Å². The molecule has 9 heteroatoms. The van der Waals surface area contributed by atoms with Crippen molar-refractivity contribution < 1.29 is 17.9 Å². The number of nitrogens with zero attached hydrogens (tertiary/aromatic N) is 2. The van der Waals surface area contributed by atoms with E-state index in [0.29, 0.717) is 22.8 Å². The quantitative estimate of drug-likeness (QED) is 0.785. The van der Waals surface area contributed by atoms with Crippen molar-refractivity contribution in [3.63, 3.8) is 0 Å². The third kappa shape index (κ3) is 2.33. The second-order valence-electron chi connectivity index (χ2n) is 4.32. The minimum absolute atomic E-state index is 0.0722. The van der Waals surface area contributed by atoms with E-state index >= 15 is 0 Å². The molecule has 1 aromatic carbocycles. The normalized spacial score (nSPS) is 11.8. The second kappa shape index (κ2) is 5.09. The SMILES string of the molecule is COc1ccccc1-c1nc2snc(C(F)(F)F)c2c(=O)[nH]1. The van der Waals surface area contributed by atoms with E-state index in [1.54, 1.807) is 24.3 Å². The molecule has 0 aliphatic heterocycles. The zero-order valence-electron chi connectivity index (χ0n) is 11.1. The summed E-state index contributed by atoms with van der Waals surface area (Å²) in [7, 11) is 1.45. The van der Waals surface area contributed by atoms with Gasteiger partial charge in [-0.3, -0.25) is 4.79 Å². The number of H-pyrrole nitrogens is 1. The predicted molar refractivity (Wildman–Crippen MR) is 75.0 cm³/mol. The van der Waals surface area contributed by atoms with Crippen molar-refractivity contribution in [1.82, 2.24) is 14.3 Å². The first-order valence-corrected chi connectivity index (χ1v) is 6.79. The zero-order chi connectivity index (χ0) is 15.9. The van der Waals surface area contributed by atoms with E-state index in [9.17, 15) is 18.0 Å². The van der Waals surface area contributed by atoms with Gasteiger partial charge in [-0.15, -0.1) is 0 Å². The summed E-state index contributed by atoms with van der Waals surface area (Å²) in [6.07, 6.45) is -4.70. The van der Waals surface area contributed by atoms with Gasteiger partial charge in [-0.2, -0.15) is 17.5 Å². The van der Waals surface area contributed by atoms with Crippen LogP contribution in [-0.4, -0.2) is 21.5 Å². The number of rotatable bonds is 2. The van der Waals surface area contributed by atoms with E-state index in [1.165, 1.54) is 7.11 Å². The molecule has 2 heterocycles. The van der Waals surface area contributed by atoms with Crippen molar-refractivity contribution >= 4 is 21.7 Å². The predicted octanol–water partition coefficient (Wildman–Crippen LogP) is 3.07. The Labute approximate surface area is 125 Å². The fraction of sp³-hybridized carbons (Fsp3) is 0.154. The van der Waals surface area contributed by atoms with Crippen LogP contribution in [0.2, 0.25) is 0 Å². The van der Waals surface area contributed by atoms with Crippen LogP contribution in [0.5, 0.6) is 5.75 Å². The molecule has 3 rings (SSSR count). The van der Waals surface area contributed by atoms with Crippen molar-refractivity contribution in [3.05, 3.63) is 40.3 Å². The molecule has 0 saturated carbocycles. The number of para-hydroxylation sites is 1. The molecular formula is C13H8F3N3O2S. The number of alkyl halides is 3. The molecule has 0 aliphatic rings. The maximum atomic E-state index is 12.8. The van der Waals surface area contributed by atoms with Crippen molar-refractivity contribution in [3.8, 4) is 17.1 Å². The van der Waals surface area contributed by atoms with Crippen molar-refractivity contribution in [2.45, 2.75) is 6.18 Å². The first-order valence-electron chi connectivity index (χ1n) is 6.02. The summed E-state index contributed by atoms with van der Waals surface area (Å²) in [5.41, 5.74) is -1.62. The summed E-state index contributed by atoms with van der Waals surface area (Å²) >= 11 is 0.535. The van der Waals surface area contributed by atoms with E-state index in [0.717, 1.165) is 0 Å². The number of aromatic nitrogens is 3. The molecule has 22 heavy (non-hydrogen) atoms. The number of ether oxygens (including phenoxy) is 1. The Morgan fingerprint density at radius 1 is 1.27 bits per heavy atom. The molecule has 0 unspecified atom stereocenters. The first-order chi connectivity index (χ1) is 10.4. The van der Waals surface area contributed by atoms with Gasteiger partial charge in [-0.1, -0.05) is 12.1 Å². The molecule has 0 spiro atoms. The number of nitrogens with one attached hydrogen (secondary N) is 1. The topological polar surface area (TPSA) is 67.9 Å². The fourth-order valence-corrected chi connectivity index (χ4v) is 2.81. The largest absolute Gasteiger partial charge is 0.496 e. The zero-order valence-corrected chi connectivity index (χ0v) is 11.9. The van der Waals surface area contributed by atoms with Gasteiger partial charge in [0.05, 0.1) is 12.7 Å². The Hall–Kier alpha value is -2.42. The molecule has 0 atom stereocenters. The molecule has 2 aromatic heterocycles. The lowest BCUT2D eigenvalue weighted by Crippen LogP contribution is -2.14. The van der Waals surface area contributed by atoms with E-state index in [2.05, 4.69) is 14.3 Å². The standard InChI is InChI=1S/C13H8F3N3O2S/c1-21-7-5-3-2-4-6(7)10-17-11(20)8-9(13(14,15)16)19-22-12(8)18-10/h2-5H,1H3,(H,17,18,20). The van der Waals surface area contributed by atoms with Gasteiger partial charge in [-0.05, 0) is 23.7 Å². The van der Waals surface area contributed by atoms with Crippen LogP contribution < -0.4 is 10.3 Å². The highest BCUT2D eigenvalue weighted by atomic mass is 32.1. The number of benzene rings is 1. The van der Waals surface area contributed by atoms with E-state index < -0.39 is 22.8 Å². The van der Waals surface area contributed by atoms with Gasteiger partial charge in [0.15, 0.2) is 10.5 Å². The van der Waals surface area contributed by atoms with Crippen LogP contribution in [0.15, 0.2) is 29.1 Å². The van der Waals surface area contributed by atoms with Crippen molar-refractivity contribution in [1.29, 1.82) is 0 Å². The van der Waals surface area contributed by atoms with Crippen molar-refractivity contribution in [2.75, 3.05) is 7.11 Å². The summed E-state index contributed by atoms with van der Waals surface area (Å²) in [6.45, 7) is 0. The molecule has 0 aliphatic carbocycles. The minimum atomic E-state index is -4.70. The fourth-order valence-electron chi connectivity index (χ4n) is 2.02. The third-order valence-electron chi connectivity index (χ3n) is 2.98. The van der Waals surface area contributed by atoms with Gasteiger partial charge in [0.1, 0.15) is 17.0 Å². The van der Waals surface area contributed by atoms with Crippen LogP contribution in [0.4, 0.5) is 13.2 Å². The maximum absolute atomic E-state index is 12.8. The van der Waals surface area contributed by atoms with Gasteiger partial charge in [0, 0.05) is 0 Å². The highest BCUT2D eigenvalue weighted by molar-refractivity contribution is 7.12. The molecule has 114 valence electrons. The molecule has 5 nitrogen and oxygen atoms in total. The van der Waals surface area contributed by atoms with Gasteiger partial charge in [0.25, 0.3) is 5.56 Å². The Morgan fingerprint density at radius 2 is 2.00 bits per heavy atom. The van der Waals surface area contributed by atoms with E-state index in [4.69, 9.17) is 4.74 Å². The molecule has 3 aromatic rings. The summed E-state index contributed by atoms with van der Waals surface area (Å²) < 4.78 is 46.9. The summed E-state index contributed by atoms with van der Waals surface area (Å²) in [4.78, 5) is 18.4. The molecule has 0 saturated heterocycles. The monoisotopic (exact) mass is 327 g/mol. The molecular weight excluding hydrogens is 319 g/mol. The van der Waals surface area contributed by atoms with E-state index in [1.807, 2.05) is 0 Å². The lowest BCUT2D eigenvalue weighted by molar-refractivity contribution is -0.139. The molecule has 0 bridgehead atoms. The van der Waals surface area contributed by atoms with Crippen LogP contribution in [0.1, 0.15) is 5.69 Å². The molecule has 0 fully saturated rings. The maximum Gasteiger partial charge on any atom is 0.435 e. The Morgan fingerprint density at radius 3 is 2.68 bits per heavy atom. The number of aromatic amines is 1. The molecule has 0 radical (unpaired) electrons. The third-order valence-corrected chi connectivity index (χ3v) is 3.72. The average molecular weight is 327 g/mol. The summed E-state index contributed by atoms with van der Waals surface area (Å²) in [5, 5.41) is -0.545.